The molecule has 0 radical (unpaired) electrons. The first-order valence-corrected chi connectivity index (χ1v) is 17.8. The predicted octanol–water partition coefficient (Wildman–Crippen LogP) is 2.94. The molecule has 8 atom stereocenters. The minimum atomic E-state index is -3.73. The van der Waals surface area contributed by atoms with Gasteiger partial charge in [-0.3, -0.25) is 9.36 Å². The van der Waals surface area contributed by atoms with Gasteiger partial charge in [-0.1, -0.05) is 5.57 Å². The lowest BCUT2D eigenvalue weighted by Gasteiger charge is -2.32. The number of aromatic amines is 1. The van der Waals surface area contributed by atoms with Crippen LogP contribution < -0.4 is 15.8 Å². The fourth-order valence-corrected chi connectivity index (χ4v) is 7.76. The van der Waals surface area contributed by atoms with Crippen molar-refractivity contribution in [1.29, 1.82) is 0 Å². The van der Waals surface area contributed by atoms with Gasteiger partial charge in [0.25, 0.3) is 5.56 Å². The second-order valence-electron chi connectivity index (χ2n) is 11.2. The molecule has 3 aromatic rings. The topological polar surface area (TPSA) is 180 Å². The van der Waals surface area contributed by atoms with Gasteiger partial charge in [0, 0.05) is 31.7 Å². The van der Waals surface area contributed by atoms with Crippen molar-refractivity contribution in [2.45, 2.75) is 77.4 Å². The molecule has 3 N–H and O–H groups in total. The summed E-state index contributed by atoms with van der Waals surface area (Å²) in [7, 11) is 1.45. The lowest BCUT2D eigenvalue weighted by atomic mass is 10.2. The third kappa shape index (κ3) is 6.98. The van der Waals surface area contributed by atoms with Crippen LogP contribution in [0.4, 0.5) is 11.6 Å². The number of allylic oxidation sites excluding steroid dienone is 1. The number of aryl methyl sites for hydroxylation is 1. The zero-order valence-corrected chi connectivity index (χ0v) is 28.1. The predicted molar refractivity (Wildman–Crippen MR) is 169 cm³/mol. The molecule has 6 rings (SSSR count). The van der Waals surface area contributed by atoms with Gasteiger partial charge in [-0.15, -0.1) is 0 Å². The average Bonchev–Trinajstić information content (AvgIpc) is 3.70. The van der Waals surface area contributed by atoms with Crippen molar-refractivity contribution in [3.05, 3.63) is 46.2 Å². The van der Waals surface area contributed by atoms with Crippen LogP contribution >= 0.6 is 15.8 Å². The summed E-state index contributed by atoms with van der Waals surface area (Å²) in [6, 6.07) is 0. The van der Waals surface area contributed by atoms with E-state index in [0.717, 1.165) is 11.1 Å². The molecule has 0 aliphatic carbocycles. The van der Waals surface area contributed by atoms with Crippen LogP contribution in [0.1, 0.15) is 44.3 Å². The Bertz CT molecular complexity index is 1690. The molecular formula is C26H36N8O8P2S. The van der Waals surface area contributed by atoms with Crippen molar-refractivity contribution >= 4 is 50.4 Å². The van der Waals surface area contributed by atoms with E-state index in [-0.39, 0.29) is 39.7 Å². The summed E-state index contributed by atoms with van der Waals surface area (Å²) in [5, 5.41) is 3.10. The van der Waals surface area contributed by atoms with Gasteiger partial charge >= 0.3 is 6.72 Å². The van der Waals surface area contributed by atoms with Crippen molar-refractivity contribution in [3.8, 4) is 0 Å². The SMILES string of the molecule is CNc1ncnc(N(C=C(C)C)[C@@H]2O[C@@H]3COP(O)(=S)O[C@H]4C[C@H](n5cnc6c(=O)[nH]c(C)nc65)OC4COPO[C@@H]2C3)c1C. The smallest absolute Gasteiger partial charge is 0.324 e. The molecule has 0 saturated carbocycles. The number of ether oxygens (including phenoxy) is 2. The molecule has 3 aliphatic heterocycles. The number of rotatable bonds is 5. The number of hydrogen-bond acceptors (Lipinski definition) is 14. The van der Waals surface area contributed by atoms with Gasteiger partial charge in [0.15, 0.2) is 26.4 Å². The highest BCUT2D eigenvalue weighted by Crippen LogP contribution is 2.50. The quantitative estimate of drug-likeness (QED) is 0.334. The Labute approximate surface area is 266 Å². The number of aromatic nitrogens is 6. The third-order valence-corrected chi connectivity index (χ3v) is 9.87. The van der Waals surface area contributed by atoms with Crippen LogP contribution in [0.15, 0.2) is 29.2 Å². The highest BCUT2D eigenvalue weighted by molar-refractivity contribution is 8.07. The van der Waals surface area contributed by atoms with Crippen LogP contribution in [0.25, 0.3) is 11.2 Å². The van der Waals surface area contributed by atoms with Gasteiger partial charge in [-0.25, -0.2) is 19.9 Å². The summed E-state index contributed by atoms with van der Waals surface area (Å²) in [5.74, 6) is 1.80. The van der Waals surface area contributed by atoms with Crippen molar-refractivity contribution in [2.75, 3.05) is 30.5 Å². The second kappa shape index (κ2) is 13.4. The Morgan fingerprint density at radius 3 is 2.80 bits per heavy atom. The Kier molecular flexibility index (Phi) is 9.65. The number of nitrogens with one attached hydrogen (secondary N) is 2. The van der Waals surface area contributed by atoms with Gasteiger partial charge < -0.3 is 47.7 Å². The van der Waals surface area contributed by atoms with E-state index in [9.17, 15) is 9.69 Å². The molecule has 2 bridgehead atoms. The van der Waals surface area contributed by atoms with Crippen LogP contribution in [0.5, 0.6) is 0 Å². The van der Waals surface area contributed by atoms with Crippen molar-refractivity contribution in [1.82, 2.24) is 29.5 Å². The molecule has 3 aliphatic rings. The molecule has 16 nitrogen and oxygen atoms in total. The van der Waals surface area contributed by atoms with Crippen LogP contribution in [-0.2, 0) is 39.4 Å². The molecule has 0 spiro atoms. The monoisotopic (exact) mass is 682 g/mol. The number of H-pyrrole nitrogens is 1. The number of hydrogen-bond donors (Lipinski definition) is 3. The second-order valence-corrected chi connectivity index (χ2v) is 14.7. The Hall–Kier alpha value is -2.43. The minimum absolute atomic E-state index is 0.0128. The highest BCUT2D eigenvalue weighted by atomic mass is 32.5. The van der Waals surface area contributed by atoms with E-state index in [1.165, 1.54) is 12.7 Å². The highest BCUT2D eigenvalue weighted by Gasteiger charge is 2.44. The van der Waals surface area contributed by atoms with Gasteiger partial charge in [0.1, 0.15) is 42.2 Å². The van der Waals surface area contributed by atoms with Crippen molar-refractivity contribution in [2.24, 2.45) is 0 Å². The molecule has 244 valence electrons. The zero-order chi connectivity index (χ0) is 31.9. The first-order chi connectivity index (χ1) is 21.5. The normalized spacial score (nSPS) is 31.2. The molecule has 0 amide bonds. The van der Waals surface area contributed by atoms with E-state index in [1.54, 1.807) is 18.5 Å². The van der Waals surface area contributed by atoms with Crippen LogP contribution in [0.3, 0.4) is 0 Å². The standard InChI is InChI=1S/C26H36N8O8P2S/c1-13(2)8-33(23-14(3)22(27-5)28-11-29-23)26-18-6-16(39-26)9-38-44(36,45)42-17-7-20(40-19(17)10-37-43-41-18)34-12-30-21-24(34)31-15(4)32-25(21)35/h8,11-12,16-20,26,43H,6-7,9-10H2,1-5H3,(H,36,45)(H,27,28,29)(H,31,32,35)/t16-,17-,18+,19?,20+,26+,44?/m0/s1. The van der Waals surface area contributed by atoms with E-state index in [0.29, 0.717) is 29.5 Å². The molecule has 19 heteroatoms. The van der Waals surface area contributed by atoms with E-state index in [2.05, 4.69) is 30.2 Å². The summed E-state index contributed by atoms with van der Waals surface area (Å²) in [6.45, 7) is 3.93. The molecule has 3 unspecified atom stereocenters. The van der Waals surface area contributed by atoms with Crippen molar-refractivity contribution in [3.63, 3.8) is 0 Å². The Morgan fingerprint density at radius 2 is 2.02 bits per heavy atom. The van der Waals surface area contributed by atoms with Crippen molar-refractivity contribution < 1.29 is 32.5 Å². The van der Waals surface area contributed by atoms with E-state index >= 15 is 0 Å². The first kappa shape index (κ1) is 32.5. The van der Waals surface area contributed by atoms with Gasteiger partial charge in [-0.2, -0.15) is 0 Å². The fraction of sp³-hybridized carbons (Fsp3) is 0.577. The largest absolute Gasteiger partial charge is 0.373 e. The van der Waals surface area contributed by atoms with Crippen LogP contribution in [0.2, 0.25) is 0 Å². The third-order valence-electron chi connectivity index (χ3n) is 7.60. The summed E-state index contributed by atoms with van der Waals surface area (Å²) in [5.41, 5.74) is 2.09. The van der Waals surface area contributed by atoms with Gasteiger partial charge in [-0.05, 0) is 39.5 Å². The lowest BCUT2D eigenvalue weighted by molar-refractivity contribution is -0.0412. The molecule has 3 aromatic heterocycles. The van der Waals surface area contributed by atoms with Crippen LogP contribution in [0, 0.1) is 13.8 Å². The maximum absolute atomic E-state index is 12.4. The van der Waals surface area contributed by atoms with Crippen LogP contribution in [-0.4, -0.2) is 85.3 Å². The number of anilines is 2. The van der Waals surface area contributed by atoms with E-state index in [4.69, 9.17) is 39.4 Å². The van der Waals surface area contributed by atoms with Gasteiger partial charge in [0.2, 0.25) is 0 Å². The number of nitrogens with zero attached hydrogens (tertiary/aromatic N) is 6. The lowest BCUT2D eigenvalue weighted by Crippen LogP contribution is -2.40. The summed E-state index contributed by atoms with van der Waals surface area (Å²) >= 11 is 5.43. The molecule has 3 fully saturated rings. The van der Waals surface area contributed by atoms with E-state index in [1.807, 2.05) is 31.9 Å². The Balaban J connectivity index is 1.23. The summed E-state index contributed by atoms with van der Waals surface area (Å²) < 4.78 is 38.5. The first-order valence-electron chi connectivity index (χ1n) is 14.4. The summed E-state index contributed by atoms with van der Waals surface area (Å²) in [4.78, 5) is 45.6. The summed E-state index contributed by atoms with van der Waals surface area (Å²) in [6.07, 6.45) is 2.31. The molecule has 6 heterocycles. The number of fused-ring (bicyclic) bond motifs is 4. The number of imidazole rings is 1. The molecular weight excluding hydrogens is 646 g/mol. The average molecular weight is 683 g/mol. The van der Waals surface area contributed by atoms with E-state index < -0.39 is 43.6 Å². The van der Waals surface area contributed by atoms with Gasteiger partial charge in [0.05, 0.1) is 31.7 Å². The molecule has 0 aromatic carbocycles. The fourth-order valence-electron chi connectivity index (χ4n) is 5.63. The minimum Gasteiger partial charge on any atom is -0.373 e. The molecule has 45 heavy (non-hydrogen) atoms. The maximum Gasteiger partial charge on any atom is 0.324 e. The maximum atomic E-state index is 12.4. The molecule has 3 saturated heterocycles. The zero-order valence-electron chi connectivity index (χ0n) is 25.4. The Morgan fingerprint density at radius 1 is 1.20 bits per heavy atom.